The van der Waals surface area contributed by atoms with E-state index in [4.69, 9.17) is 5.84 Å². The van der Waals surface area contributed by atoms with E-state index in [1.807, 2.05) is 0 Å². The molecule has 0 aliphatic rings. The monoisotopic (exact) mass is 262 g/mol. The first-order valence-corrected chi connectivity index (χ1v) is 6.10. The van der Waals surface area contributed by atoms with Crippen LogP contribution in [0.4, 0.5) is 0 Å². The summed E-state index contributed by atoms with van der Waals surface area (Å²) in [7, 11) is 0. The Balaban J connectivity index is 2.56. The van der Waals surface area contributed by atoms with Gasteiger partial charge in [0.05, 0.1) is 9.83 Å². The van der Waals surface area contributed by atoms with Gasteiger partial charge in [0, 0.05) is 4.88 Å². The predicted molar refractivity (Wildman–Crippen MR) is 61.6 cm³/mol. The van der Waals surface area contributed by atoms with E-state index in [0.29, 0.717) is 6.04 Å². The molecule has 0 saturated heterocycles. The fourth-order valence-electron chi connectivity index (χ4n) is 1.23. The average Bonchev–Trinajstić information content (AvgIpc) is 2.54. The van der Waals surface area contributed by atoms with Gasteiger partial charge in [-0.3, -0.25) is 11.3 Å². The maximum atomic E-state index is 5.50. The quantitative estimate of drug-likeness (QED) is 0.632. The molecule has 4 heteroatoms. The van der Waals surface area contributed by atoms with Gasteiger partial charge in [-0.2, -0.15) is 0 Å². The van der Waals surface area contributed by atoms with E-state index in [1.165, 1.54) is 21.5 Å². The molecule has 1 atom stereocenters. The van der Waals surface area contributed by atoms with Crippen LogP contribution < -0.4 is 11.3 Å². The van der Waals surface area contributed by atoms with E-state index >= 15 is 0 Å². The smallest absolute Gasteiger partial charge is 0.0702 e. The average molecular weight is 263 g/mol. The Hall–Kier alpha value is 0.1000. The predicted octanol–water partition coefficient (Wildman–Crippen LogP) is 3.21. The Labute approximate surface area is 91.6 Å². The molecule has 0 spiro atoms. The highest BCUT2D eigenvalue weighted by Gasteiger charge is 2.10. The van der Waals surface area contributed by atoms with Crippen molar-refractivity contribution in [1.29, 1.82) is 0 Å². The second-order valence-electron chi connectivity index (χ2n) is 3.00. The van der Waals surface area contributed by atoms with Crippen LogP contribution in [0.2, 0.25) is 0 Å². The lowest BCUT2D eigenvalue weighted by molar-refractivity contribution is 0.502. The van der Waals surface area contributed by atoms with E-state index in [1.54, 1.807) is 11.3 Å². The van der Waals surface area contributed by atoms with Crippen LogP contribution in [0, 0.1) is 0 Å². The van der Waals surface area contributed by atoms with Crippen molar-refractivity contribution in [3.05, 3.63) is 20.8 Å². The van der Waals surface area contributed by atoms with Crippen LogP contribution in [0.3, 0.4) is 0 Å². The number of hydrogen-bond acceptors (Lipinski definition) is 3. The molecule has 1 aromatic heterocycles. The summed E-state index contributed by atoms with van der Waals surface area (Å²) >= 11 is 5.19. The lowest BCUT2D eigenvalue weighted by Crippen LogP contribution is -2.27. The van der Waals surface area contributed by atoms with Gasteiger partial charge in [-0.15, -0.1) is 11.3 Å². The summed E-state index contributed by atoms with van der Waals surface area (Å²) in [6, 6.07) is 4.50. The molecule has 0 amide bonds. The van der Waals surface area contributed by atoms with E-state index in [9.17, 15) is 0 Å². The van der Waals surface area contributed by atoms with Crippen molar-refractivity contribution in [2.45, 2.75) is 32.2 Å². The molecule has 13 heavy (non-hydrogen) atoms. The van der Waals surface area contributed by atoms with Crippen molar-refractivity contribution < 1.29 is 0 Å². The largest absolute Gasteiger partial charge is 0.271 e. The number of hydrogen-bond donors (Lipinski definition) is 2. The first kappa shape index (κ1) is 11.2. The van der Waals surface area contributed by atoms with Crippen LogP contribution in [-0.4, -0.2) is 0 Å². The number of unbranched alkanes of at least 4 members (excludes halogenated alkanes) is 1. The third-order valence-electron chi connectivity index (χ3n) is 1.98. The van der Waals surface area contributed by atoms with Crippen molar-refractivity contribution >= 4 is 27.3 Å². The zero-order valence-corrected chi connectivity index (χ0v) is 10.1. The number of rotatable bonds is 5. The van der Waals surface area contributed by atoms with E-state index in [0.717, 1.165) is 6.42 Å². The molecule has 2 nitrogen and oxygen atoms in total. The highest BCUT2D eigenvalue weighted by atomic mass is 79.9. The van der Waals surface area contributed by atoms with Crippen molar-refractivity contribution in [2.24, 2.45) is 5.84 Å². The minimum Gasteiger partial charge on any atom is -0.271 e. The second kappa shape index (κ2) is 5.75. The van der Waals surface area contributed by atoms with Crippen molar-refractivity contribution in [3.63, 3.8) is 0 Å². The van der Waals surface area contributed by atoms with Crippen LogP contribution in [0.5, 0.6) is 0 Å². The van der Waals surface area contributed by atoms with Gasteiger partial charge in [0.1, 0.15) is 0 Å². The number of halogens is 1. The molecule has 1 aromatic rings. The Morgan fingerprint density at radius 2 is 2.38 bits per heavy atom. The van der Waals surface area contributed by atoms with Crippen LogP contribution >= 0.6 is 27.3 Å². The molecule has 0 radical (unpaired) electrons. The molecule has 1 rings (SSSR count). The van der Waals surface area contributed by atoms with Gasteiger partial charge in [-0.05, 0) is 34.5 Å². The van der Waals surface area contributed by atoms with Gasteiger partial charge in [0.25, 0.3) is 0 Å². The summed E-state index contributed by atoms with van der Waals surface area (Å²) in [5, 5.41) is 0. The second-order valence-corrected chi connectivity index (χ2v) is 5.50. The molecule has 0 aromatic carbocycles. The molecule has 0 fully saturated rings. The highest BCUT2D eigenvalue weighted by molar-refractivity contribution is 9.11. The van der Waals surface area contributed by atoms with E-state index < -0.39 is 0 Å². The SMILES string of the molecule is CCCCC(NN)c1ccc(Br)s1. The summed E-state index contributed by atoms with van der Waals surface area (Å²) in [5.74, 6) is 5.50. The Morgan fingerprint density at radius 3 is 2.85 bits per heavy atom. The maximum Gasteiger partial charge on any atom is 0.0702 e. The molecule has 74 valence electrons. The van der Waals surface area contributed by atoms with Gasteiger partial charge in [-0.25, -0.2) is 0 Å². The first-order valence-electron chi connectivity index (χ1n) is 4.49. The molecule has 1 unspecified atom stereocenters. The van der Waals surface area contributed by atoms with Gasteiger partial charge < -0.3 is 0 Å². The van der Waals surface area contributed by atoms with Gasteiger partial charge >= 0.3 is 0 Å². The summed E-state index contributed by atoms with van der Waals surface area (Å²) in [6.45, 7) is 2.19. The number of thiophene rings is 1. The molecule has 0 bridgehead atoms. The van der Waals surface area contributed by atoms with Crippen molar-refractivity contribution in [1.82, 2.24) is 5.43 Å². The van der Waals surface area contributed by atoms with Crippen LogP contribution in [0.1, 0.15) is 37.1 Å². The zero-order valence-electron chi connectivity index (χ0n) is 7.72. The summed E-state index contributed by atoms with van der Waals surface area (Å²) in [4.78, 5) is 1.31. The Kier molecular flexibility index (Phi) is 4.94. The molecule has 0 aliphatic heterocycles. The minimum atomic E-state index is 0.316. The zero-order chi connectivity index (χ0) is 9.68. The maximum absolute atomic E-state index is 5.50. The molecular weight excluding hydrogens is 248 g/mol. The minimum absolute atomic E-state index is 0.316. The standard InChI is InChI=1S/C9H15BrN2S/c1-2-3-4-7(12-11)8-5-6-9(10)13-8/h5-7,12H,2-4,11H2,1H3. The number of hydrazine groups is 1. The number of nitrogens with two attached hydrogens (primary N) is 1. The van der Waals surface area contributed by atoms with Crippen LogP contribution in [-0.2, 0) is 0 Å². The topological polar surface area (TPSA) is 38.0 Å². The summed E-state index contributed by atoms with van der Waals surface area (Å²) in [5.41, 5.74) is 2.86. The van der Waals surface area contributed by atoms with Gasteiger partial charge in [0.2, 0.25) is 0 Å². The molecule has 0 aliphatic carbocycles. The first-order chi connectivity index (χ1) is 6.27. The summed E-state index contributed by atoms with van der Waals surface area (Å²) < 4.78 is 1.17. The molecule has 3 N–H and O–H groups in total. The van der Waals surface area contributed by atoms with Crippen molar-refractivity contribution in [3.8, 4) is 0 Å². The molecule has 1 heterocycles. The lowest BCUT2D eigenvalue weighted by atomic mass is 10.1. The molecule has 0 saturated carbocycles. The third-order valence-corrected chi connectivity index (χ3v) is 3.72. The summed E-state index contributed by atoms with van der Waals surface area (Å²) in [6.07, 6.45) is 3.54. The van der Waals surface area contributed by atoms with Crippen LogP contribution in [0.15, 0.2) is 15.9 Å². The van der Waals surface area contributed by atoms with E-state index in [-0.39, 0.29) is 0 Å². The molecular formula is C9H15BrN2S. The normalized spacial score (nSPS) is 13.2. The van der Waals surface area contributed by atoms with Gasteiger partial charge in [0.15, 0.2) is 0 Å². The van der Waals surface area contributed by atoms with E-state index in [2.05, 4.69) is 40.4 Å². The lowest BCUT2D eigenvalue weighted by Gasteiger charge is -2.12. The Bertz CT molecular complexity index is 250. The van der Waals surface area contributed by atoms with Gasteiger partial charge in [-0.1, -0.05) is 19.8 Å². The van der Waals surface area contributed by atoms with Crippen LogP contribution in [0.25, 0.3) is 0 Å². The number of nitrogens with one attached hydrogen (secondary N) is 1. The fraction of sp³-hybridized carbons (Fsp3) is 0.556. The highest BCUT2D eigenvalue weighted by Crippen LogP contribution is 2.29. The third kappa shape index (κ3) is 3.38. The Morgan fingerprint density at radius 1 is 1.62 bits per heavy atom. The van der Waals surface area contributed by atoms with Crippen molar-refractivity contribution in [2.75, 3.05) is 0 Å². The fourth-order valence-corrected chi connectivity index (χ4v) is 2.75.